The Labute approximate surface area is 854 Å². The van der Waals surface area contributed by atoms with Crippen LogP contribution < -0.4 is 74.9 Å². The van der Waals surface area contributed by atoms with Gasteiger partial charge in [0.25, 0.3) is 11.8 Å². The Kier molecular flexibility index (Phi) is 44.1. The molecule has 13 aromatic carbocycles. The number of ether oxygens (including phenoxy) is 8. The number of hydrazine groups is 1. The number of benzene rings is 13. The topological polar surface area (TPSA) is 488 Å². The number of aromatic nitrogens is 2. The van der Waals surface area contributed by atoms with Crippen LogP contribution in [-0.2, 0) is 51.6 Å². The van der Waals surface area contributed by atoms with Crippen LogP contribution in [0.25, 0.3) is 22.2 Å². The number of amides is 4. The number of fused-ring (bicyclic) bond motifs is 2. The Morgan fingerprint density at radius 2 is 0.837 bits per heavy atom. The lowest BCUT2D eigenvalue weighted by molar-refractivity contribution is -0.137. The van der Waals surface area contributed by atoms with Crippen molar-refractivity contribution in [3.63, 3.8) is 0 Å². The zero-order valence-corrected chi connectivity index (χ0v) is 83.7. The molecule has 764 valence electrons. The number of carbonyl (C=O) groups is 9. The number of nitrogen functional groups attached to an aromatic ring is 5. The molecular weight excluding hydrogens is 1870 g/mol. The van der Waals surface area contributed by atoms with E-state index < -0.39 is 29.8 Å². The van der Waals surface area contributed by atoms with Crippen LogP contribution in [0.5, 0.6) is 23.0 Å². The Morgan fingerprint density at radius 3 is 1.29 bits per heavy atom. The van der Waals surface area contributed by atoms with Crippen molar-refractivity contribution in [2.24, 2.45) is 15.7 Å². The van der Waals surface area contributed by atoms with Gasteiger partial charge in [-0.2, -0.15) is 0 Å². The summed E-state index contributed by atoms with van der Waals surface area (Å²) in [7, 11) is 0. The number of imidazole rings is 1. The SMILES string of the molecule is CCC(=O)N1CCOCCOCCN(C(=O)CN)CCOCCOCC1.CCc1nc2ccccc2[nH]1.Cc1ccc(C(=O)NNC(=O)c2ccc(N)cc2)cc1.Cc1ccc(C(=O)Oc2ccc(C(C)(C)c3ccc(OC(=O)c4ccc(N)cc4)cc3)cc2)cc1.Cc1ccc(CCC(=O)O)cc1.Cc1cccc(C(=O)Oc2ccccc2-c2ccccc2OC(=O)c2cccc(N)c2)c1.Nc1ccc2c(c1N)=NCN=2. The number of nitrogens with zero attached hydrogens (tertiary/aromatic N) is 5. The molecule has 0 atom stereocenters. The molecule has 16 rings (SSSR count). The molecular formula is C115H126N14O18. The highest BCUT2D eigenvalue weighted by Crippen LogP contribution is 2.38. The van der Waals surface area contributed by atoms with E-state index in [0.29, 0.717) is 194 Å². The number of carboxylic acids is 1. The van der Waals surface area contributed by atoms with Crippen molar-refractivity contribution in [3.05, 3.63) is 392 Å². The van der Waals surface area contributed by atoms with Crippen LogP contribution in [-0.4, -0.2) is 171 Å². The summed E-state index contributed by atoms with van der Waals surface area (Å²) in [5.41, 5.74) is 54.4. The Hall–Kier alpha value is -17.0. The van der Waals surface area contributed by atoms with E-state index in [1.54, 1.807) is 180 Å². The second-order valence-electron chi connectivity index (χ2n) is 34.2. The predicted octanol–water partition coefficient (Wildman–Crippen LogP) is 16.0. The number of aromatic amines is 1. The fraction of sp³-hybridized carbons (Fsp3) is 0.235. The van der Waals surface area contributed by atoms with Crippen molar-refractivity contribution in [2.75, 3.05) is 121 Å². The Balaban J connectivity index is 0.000000183. The number of anilines is 5. The van der Waals surface area contributed by atoms with Crippen LogP contribution in [0.15, 0.2) is 313 Å². The van der Waals surface area contributed by atoms with Crippen molar-refractivity contribution >= 4 is 92.9 Å². The van der Waals surface area contributed by atoms with Gasteiger partial charge in [-0.05, 0) is 215 Å². The fourth-order valence-electron chi connectivity index (χ4n) is 14.3. The van der Waals surface area contributed by atoms with Crippen LogP contribution in [0.4, 0.5) is 28.4 Å². The monoisotopic (exact) mass is 1990 g/mol. The Morgan fingerprint density at radius 1 is 0.415 bits per heavy atom. The number of hydrogen-bond acceptors (Lipinski definition) is 26. The van der Waals surface area contributed by atoms with E-state index in [-0.39, 0.29) is 42.1 Å². The van der Waals surface area contributed by atoms with Crippen LogP contribution in [0.2, 0.25) is 0 Å². The number of esters is 4. The molecule has 2 aliphatic heterocycles. The van der Waals surface area contributed by atoms with Crippen molar-refractivity contribution in [1.29, 1.82) is 0 Å². The van der Waals surface area contributed by atoms with Gasteiger partial charge in [0.15, 0.2) is 0 Å². The number of hydrogen-bond donors (Lipinski definition) is 10. The molecule has 1 fully saturated rings. The molecule has 32 nitrogen and oxygen atoms in total. The average molecular weight is 1990 g/mol. The predicted molar refractivity (Wildman–Crippen MR) is 569 cm³/mol. The number of rotatable bonds is 19. The van der Waals surface area contributed by atoms with Gasteiger partial charge in [-0.3, -0.25) is 44.8 Å². The van der Waals surface area contributed by atoms with Crippen molar-refractivity contribution in [2.45, 2.75) is 86.5 Å². The van der Waals surface area contributed by atoms with Gasteiger partial charge in [0.2, 0.25) is 11.8 Å². The maximum atomic E-state index is 12.7. The van der Waals surface area contributed by atoms with E-state index in [2.05, 4.69) is 51.6 Å². The van der Waals surface area contributed by atoms with Gasteiger partial charge in [0, 0.05) is 90.2 Å². The second kappa shape index (κ2) is 57.9. The van der Waals surface area contributed by atoms with Gasteiger partial charge >= 0.3 is 29.8 Å². The highest BCUT2D eigenvalue weighted by Gasteiger charge is 2.26. The van der Waals surface area contributed by atoms with Crippen LogP contribution in [0.3, 0.4) is 0 Å². The van der Waals surface area contributed by atoms with Gasteiger partial charge in [0.05, 0.1) is 109 Å². The van der Waals surface area contributed by atoms with Crippen LogP contribution in [0.1, 0.15) is 147 Å². The lowest BCUT2D eigenvalue weighted by atomic mass is 9.78. The lowest BCUT2D eigenvalue weighted by Crippen LogP contribution is -2.41. The molecule has 0 radical (unpaired) electrons. The molecule has 147 heavy (non-hydrogen) atoms. The standard InChI is InChI=1S/C30H27NO4.C27H21NO4.C17H33N3O6.C15H15N3O2.C10H12O2.C9H10N2.C7H8N4/c1-20-4-6-21(7-5-20)28(32)34-26-16-10-23(11-17-26)30(2,3)24-12-18-27(19-13-24)35-29(33)22-8-14-25(31)15-9-22;1-18-8-6-9-19(16-18)26(29)31-24-14-4-2-12-22(24)23-13-3-5-15-25(23)32-27(30)20-10-7-11-21(28)17-20;1-2-16(21)19-3-7-23-11-13-25-9-5-20(17(22)15-18)6-10-26-14-12-24-8-4-19;1-10-2-4-11(5-3-10)14(19)17-18-15(20)12-6-8-13(16)9-7-12;1-8-2-4-9(5-3-8)6-7-10(11)12;1-2-9-10-7-5-3-4-6-8(7)11-9;8-4-1-2-5-7(6(4)9)11-3-10-5/h4-19H,31H2,1-3H3;2-17H,28H2,1H3;2-15,18H2,1H3;2-9H,16H2,1H3,(H,17,19)(H,18,20);2-5H,6-7H2,1H3,(H,11,12);3-6H,2H2,1H3,(H,10,11);1-2H,3,8-9H2. The van der Waals surface area contributed by atoms with Crippen LogP contribution in [0, 0.1) is 27.7 Å². The third-order valence-corrected chi connectivity index (χ3v) is 22.8. The number of aliphatic carboxylic acids is 1. The fourth-order valence-corrected chi connectivity index (χ4v) is 14.3. The molecule has 0 aliphatic carbocycles. The Bertz CT molecular complexity index is 6480. The summed E-state index contributed by atoms with van der Waals surface area (Å²) in [4.78, 5) is 127. The maximum absolute atomic E-state index is 12.7. The number of aryl methyl sites for hydroxylation is 6. The minimum Gasteiger partial charge on any atom is -0.481 e. The number of H-pyrrole nitrogens is 1. The zero-order chi connectivity index (χ0) is 106. The molecule has 0 saturated carbocycles. The summed E-state index contributed by atoms with van der Waals surface area (Å²) in [6.07, 6.45) is 2.26. The summed E-state index contributed by atoms with van der Waals surface area (Å²) in [6, 6.07) is 89.9. The number of nitrogens with one attached hydrogen (secondary N) is 3. The number of para-hydroxylation sites is 4. The minimum absolute atomic E-state index is 0.0286. The molecule has 0 spiro atoms. The van der Waals surface area contributed by atoms with E-state index in [1.165, 1.54) is 5.56 Å². The van der Waals surface area contributed by atoms with Crippen molar-refractivity contribution in [1.82, 2.24) is 30.6 Å². The molecule has 1 aromatic heterocycles. The first-order valence-electron chi connectivity index (χ1n) is 47.8. The quantitative estimate of drug-likeness (QED) is 0.0156. The molecule has 0 bridgehead atoms. The summed E-state index contributed by atoms with van der Waals surface area (Å²) in [5, 5.41) is 10.0. The summed E-state index contributed by atoms with van der Waals surface area (Å²) < 4.78 is 44.4. The first kappa shape index (κ1) is 112. The minimum atomic E-state index is -0.740. The molecule has 0 unspecified atom stereocenters. The number of carboxylic acid groups (broad SMARTS) is 1. The van der Waals surface area contributed by atoms with Gasteiger partial charge in [-0.1, -0.05) is 189 Å². The maximum Gasteiger partial charge on any atom is 0.343 e. The van der Waals surface area contributed by atoms with Crippen molar-refractivity contribution in [3.8, 4) is 34.1 Å². The van der Waals surface area contributed by atoms with E-state index in [0.717, 1.165) is 67.4 Å². The molecule has 1 saturated heterocycles. The summed E-state index contributed by atoms with van der Waals surface area (Å²) in [5.74, 6) is -0.636. The van der Waals surface area contributed by atoms with Gasteiger partial charge < -0.3 is 92.2 Å². The molecule has 14 aromatic rings. The van der Waals surface area contributed by atoms with Gasteiger partial charge in [-0.15, -0.1) is 0 Å². The molecule has 32 heteroatoms. The second-order valence-corrected chi connectivity index (χ2v) is 34.2. The first-order chi connectivity index (χ1) is 70.8. The van der Waals surface area contributed by atoms with E-state index in [9.17, 15) is 43.2 Å². The van der Waals surface area contributed by atoms with Gasteiger partial charge in [-0.25, -0.2) is 24.2 Å². The third kappa shape index (κ3) is 36.4. The number of carbonyl (C=O) groups excluding carboxylic acids is 8. The highest BCUT2D eigenvalue weighted by molar-refractivity contribution is 6.00. The number of nitrogens with two attached hydrogens (primary N) is 6. The van der Waals surface area contributed by atoms with Crippen molar-refractivity contribution < 1.29 is 86.2 Å². The smallest absolute Gasteiger partial charge is 0.343 e. The normalized spacial score (nSPS) is 12.4. The molecule has 16 N–H and O–H groups in total. The highest BCUT2D eigenvalue weighted by atomic mass is 16.6. The average Bonchev–Trinajstić information content (AvgIpc) is 1.72. The summed E-state index contributed by atoms with van der Waals surface area (Å²) >= 11 is 0. The summed E-state index contributed by atoms with van der Waals surface area (Å²) in [6.45, 7) is 21.9. The largest absolute Gasteiger partial charge is 0.481 e. The third-order valence-electron chi connectivity index (χ3n) is 22.8. The van der Waals surface area contributed by atoms with E-state index in [4.69, 9.17) is 77.4 Å². The first-order valence-corrected chi connectivity index (χ1v) is 47.8. The van der Waals surface area contributed by atoms with E-state index in [1.807, 2.05) is 168 Å². The van der Waals surface area contributed by atoms with Crippen LogP contribution >= 0.6 is 0 Å². The molecule has 4 amide bonds. The zero-order valence-electron chi connectivity index (χ0n) is 83.7. The lowest BCUT2D eigenvalue weighted by Gasteiger charge is -2.26. The molecule has 3 heterocycles. The molecule has 2 aliphatic rings. The van der Waals surface area contributed by atoms with E-state index >= 15 is 0 Å². The van der Waals surface area contributed by atoms with Gasteiger partial charge in [0.1, 0.15) is 40.8 Å².